The minimum absolute atomic E-state index is 0.0526. The van der Waals surface area contributed by atoms with E-state index in [1.165, 1.54) is 0 Å². The summed E-state index contributed by atoms with van der Waals surface area (Å²) in [5.41, 5.74) is 0.962. The van der Waals surface area contributed by atoms with Gasteiger partial charge in [-0.15, -0.1) is 0 Å². The fraction of sp³-hybridized carbons (Fsp3) is 0.500. The van der Waals surface area contributed by atoms with Crippen LogP contribution >= 0.6 is 11.6 Å². The van der Waals surface area contributed by atoms with Gasteiger partial charge in [-0.25, -0.2) is 4.79 Å². The molecule has 0 unspecified atom stereocenters. The van der Waals surface area contributed by atoms with Crippen LogP contribution in [0.4, 0.5) is 4.79 Å². The fourth-order valence-corrected chi connectivity index (χ4v) is 2.66. The average molecular weight is 340 g/mol. The Labute approximate surface area is 141 Å². The number of ether oxygens (including phenoxy) is 1. The van der Waals surface area contributed by atoms with Gasteiger partial charge in [-0.1, -0.05) is 11.6 Å². The minimum atomic E-state index is -0.121. The van der Waals surface area contributed by atoms with Crippen molar-refractivity contribution in [3.63, 3.8) is 0 Å². The van der Waals surface area contributed by atoms with Crippen molar-refractivity contribution in [2.24, 2.45) is 0 Å². The monoisotopic (exact) mass is 339 g/mol. The average Bonchev–Trinajstić information content (AvgIpc) is 2.53. The summed E-state index contributed by atoms with van der Waals surface area (Å²) in [5.74, 6) is 0.815. The van der Waals surface area contributed by atoms with E-state index in [1.54, 1.807) is 22.8 Å². The highest BCUT2D eigenvalue weighted by Crippen LogP contribution is 2.21. The number of hydrogen-bond donors (Lipinski definition) is 1. The molecule has 1 N–H and O–H groups in total. The summed E-state index contributed by atoms with van der Waals surface area (Å²) in [6.45, 7) is 6.58. The lowest BCUT2D eigenvalue weighted by Gasteiger charge is -2.34. The summed E-state index contributed by atoms with van der Waals surface area (Å²) in [6, 6.07) is 5.31. The van der Waals surface area contributed by atoms with Gasteiger partial charge >= 0.3 is 6.03 Å². The highest BCUT2D eigenvalue weighted by atomic mass is 35.5. The van der Waals surface area contributed by atoms with Crippen LogP contribution in [0, 0.1) is 6.92 Å². The van der Waals surface area contributed by atoms with Gasteiger partial charge in [0.15, 0.2) is 0 Å². The number of carbonyl (C=O) groups excluding carboxylic acids is 2. The molecule has 23 heavy (non-hydrogen) atoms. The van der Waals surface area contributed by atoms with E-state index in [0.29, 0.717) is 44.4 Å². The van der Waals surface area contributed by atoms with E-state index in [0.717, 1.165) is 11.3 Å². The first kappa shape index (κ1) is 17.4. The van der Waals surface area contributed by atoms with Crippen LogP contribution in [0.25, 0.3) is 0 Å². The van der Waals surface area contributed by atoms with Gasteiger partial charge in [0, 0.05) is 38.1 Å². The van der Waals surface area contributed by atoms with E-state index in [2.05, 4.69) is 5.32 Å². The van der Waals surface area contributed by atoms with Crippen molar-refractivity contribution in [3.05, 3.63) is 28.8 Å². The predicted octanol–water partition coefficient (Wildman–Crippen LogP) is 1.90. The van der Waals surface area contributed by atoms with Gasteiger partial charge in [0.1, 0.15) is 12.4 Å². The number of carbonyl (C=O) groups is 2. The molecule has 2 rings (SSSR count). The van der Waals surface area contributed by atoms with Gasteiger partial charge in [-0.2, -0.15) is 0 Å². The van der Waals surface area contributed by atoms with Crippen molar-refractivity contribution in [2.75, 3.05) is 39.3 Å². The van der Waals surface area contributed by atoms with E-state index in [4.69, 9.17) is 16.3 Å². The molecule has 1 aliphatic heterocycles. The molecular formula is C16H22ClN3O3. The van der Waals surface area contributed by atoms with Crippen LogP contribution in [0.1, 0.15) is 12.5 Å². The van der Waals surface area contributed by atoms with Crippen molar-refractivity contribution in [1.82, 2.24) is 15.1 Å². The first-order chi connectivity index (χ1) is 11.0. The second-order valence-electron chi connectivity index (χ2n) is 5.48. The Hall–Kier alpha value is -1.95. The van der Waals surface area contributed by atoms with Crippen LogP contribution in [0.3, 0.4) is 0 Å². The van der Waals surface area contributed by atoms with E-state index < -0.39 is 0 Å². The Bertz CT molecular complexity index is 572. The molecule has 7 heteroatoms. The number of urea groups is 1. The third kappa shape index (κ3) is 5.03. The van der Waals surface area contributed by atoms with Crippen LogP contribution in [0.5, 0.6) is 5.75 Å². The van der Waals surface area contributed by atoms with Crippen LogP contribution in [-0.4, -0.2) is 61.1 Å². The molecule has 6 nitrogen and oxygen atoms in total. The summed E-state index contributed by atoms with van der Waals surface area (Å²) in [6.07, 6.45) is 0. The molecule has 0 radical (unpaired) electrons. The Morgan fingerprint density at radius 1 is 1.22 bits per heavy atom. The van der Waals surface area contributed by atoms with Gasteiger partial charge < -0.3 is 19.9 Å². The van der Waals surface area contributed by atoms with Crippen molar-refractivity contribution >= 4 is 23.5 Å². The predicted molar refractivity (Wildman–Crippen MR) is 88.9 cm³/mol. The van der Waals surface area contributed by atoms with Gasteiger partial charge in [-0.05, 0) is 30.7 Å². The molecule has 1 fully saturated rings. The van der Waals surface area contributed by atoms with Gasteiger partial charge in [0.05, 0.1) is 6.54 Å². The molecule has 0 aliphatic carbocycles. The molecule has 0 bridgehead atoms. The fourth-order valence-electron chi connectivity index (χ4n) is 2.43. The Morgan fingerprint density at radius 2 is 1.87 bits per heavy atom. The molecule has 1 aromatic carbocycles. The largest absolute Gasteiger partial charge is 0.491 e. The minimum Gasteiger partial charge on any atom is -0.491 e. The zero-order valence-corrected chi connectivity index (χ0v) is 14.2. The smallest absolute Gasteiger partial charge is 0.317 e. The number of halogens is 1. The van der Waals surface area contributed by atoms with Crippen molar-refractivity contribution in [1.29, 1.82) is 0 Å². The molecule has 1 aromatic rings. The van der Waals surface area contributed by atoms with Gasteiger partial charge in [0.25, 0.3) is 0 Å². The molecule has 126 valence electrons. The SMILES string of the molecule is CC(=O)N1CCN(C(=O)NCCOc2ccc(Cl)cc2C)CC1. The van der Waals surface area contributed by atoms with E-state index in [-0.39, 0.29) is 11.9 Å². The number of nitrogens with one attached hydrogen (secondary N) is 1. The zero-order valence-electron chi connectivity index (χ0n) is 13.5. The Kier molecular flexibility index (Phi) is 6.10. The molecule has 0 aromatic heterocycles. The van der Waals surface area contributed by atoms with E-state index in [9.17, 15) is 9.59 Å². The Morgan fingerprint density at radius 3 is 2.48 bits per heavy atom. The summed E-state index contributed by atoms with van der Waals surface area (Å²) < 4.78 is 5.63. The van der Waals surface area contributed by atoms with Gasteiger partial charge in [-0.3, -0.25) is 4.79 Å². The molecule has 0 atom stereocenters. The lowest BCUT2D eigenvalue weighted by Crippen LogP contribution is -2.53. The summed E-state index contributed by atoms with van der Waals surface area (Å²) >= 11 is 5.89. The van der Waals surface area contributed by atoms with Crippen molar-refractivity contribution in [3.8, 4) is 5.75 Å². The third-order valence-electron chi connectivity index (χ3n) is 3.79. The Balaban J connectivity index is 1.68. The molecule has 1 heterocycles. The van der Waals surface area contributed by atoms with Crippen molar-refractivity contribution in [2.45, 2.75) is 13.8 Å². The topological polar surface area (TPSA) is 61.9 Å². The number of hydrogen-bond acceptors (Lipinski definition) is 3. The second kappa shape index (κ2) is 8.06. The molecule has 0 spiro atoms. The number of aryl methyl sites for hydroxylation is 1. The summed E-state index contributed by atoms with van der Waals surface area (Å²) in [5, 5.41) is 3.50. The number of amides is 3. The lowest BCUT2D eigenvalue weighted by molar-refractivity contribution is -0.130. The van der Waals surface area contributed by atoms with E-state index >= 15 is 0 Å². The molecule has 0 saturated carbocycles. The zero-order chi connectivity index (χ0) is 16.8. The molecule has 1 aliphatic rings. The van der Waals surface area contributed by atoms with Gasteiger partial charge in [0.2, 0.25) is 5.91 Å². The molecule has 1 saturated heterocycles. The maximum absolute atomic E-state index is 12.0. The number of piperazine rings is 1. The number of nitrogens with zero attached hydrogens (tertiary/aromatic N) is 2. The third-order valence-corrected chi connectivity index (χ3v) is 4.02. The summed E-state index contributed by atoms with van der Waals surface area (Å²) in [7, 11) is 0. The molecule has 3 amide bonds. The van der Waals surface area contributed by atoms with E-state index in [1.807, 2.05) is 19.1 Å². The number of benzene rings is 1. The summed E-state index contributed by atoms with van der Waals surface area (Å²) in [4.78, 5) is 26.7. The maximum Gasteiger partial charge on any atom is 0.317 e. The first-order valence-corrected chi connectivity index (χ1v) is 8.02. The standard InChI is InChI=1S/C16H22ClN3O3/c1-12-11-14(17)3-4-15(12)23-10-5-18-16(22)20-8-6-19(7-9-20)13(2)21/h3-4,11H,5-10H2,1-2H3,(H,18,22). The first-order valence-electron chi connectivity index (χ1n) is 7.64. The lowest BCUT2D eigenvalue weighted by atomic mass is 10.2. The number of rotatable bonds is 4. The van der Waals surface area contributed by atoms with Crippen LogP contribution in [0.15, 0.2) is 18.2 Å². The highest BCUT2D eigenvalue weighted by molar-refractivity contribution is 6.30. The van der Waals surface area contributed by atoms with Crippen molar-refractivity contribution < 1.29 is 14.3 Å². The van der Waals surface area contributed by atoms with Crippen LogP contribution in [-0.2, 0) is 4.79 Å². The highest BCUT2D eigenvalue weighted by Gasteiger charge is 2.21. The molecular weight excluding hydrogens is 318 g/mol. The maximum atomic E-state index is 12.0. The quantitative estimate of drug-likeness (QED) is 0.852. The van der Waals surface area contributed by atoms with Crippen LogP contribution in [0.2, 0.25) is 5.02 Å². The van der Waals surface area contributed by atoms with Crippen LogP contribution < -0.4 is 10.1 Å². The second-order valence-corrected chi connectivity index (χ2v) is 5.92. The normalized spacial score (nSPS) is 14.6.